The van der Waals surface area contributed by atoms with E-state index in [1.165, 1.54) is 23.0 Å². The summed E-state index contributed by atoms with van der Waals surface area (Å²) < 4.78 is 6.89. The Bertz CT molecular complexity index is 161. The summed E-state index contributed by atoms with van der Waals surface area (Å²) in [4.78, 5) is 6.92. The van der Waals surface area contributed by atoms with Gasteiger partial charge in [0.2, 0.25) is 0 Å². The zero-order valence-electron chi connectivity index (χ0n) is 6.54. The first-order chi connectivity index (χ1) is 4.91. The van der Waals surface area contributed by atoms with Gasteiger partial charge in [-0.15, -0.1) is 0 Å². The van der Waals surface area contributed by atoms with Crippen molar-refractivity contribution in [2.24, 2.45) is 9.98 Å². The Morgan fingerprint density at radius 3 is 2.23 bits per heavy atom. The van der Waals surface area contributed by atoms with Gasteiger partial charge in [-0.3, -0.25) is 0 Å². The van der Waals surface area contributed by atoms with Crippen molar-refractivity contribution >= 4 is 55.5 Å². The minimum Gasteiger partial charge on any atom is -1.00 e. The first-order valence-electron chi connectivity index (χ1n) is 2.49. The Balaban J connectivity index is -0.0000000506. The van der Waals surface area contributed by atoms with Gasteiger partial charge < -0.3 is 24.8 Å². The van der Waals surface area contributed by atoms with Crippen LogP contribution in [0.15, 0.2) is 30.4 Å². The van der Waals surface area contributed by atoms with Crippen LogP contribution in [-0.2, 0) is 26.2 Å². The Hall–Kier alpha value is 1.92. The first kappa shape index (κ1) is 24.2. The minimum absolute atomic E-state index is 0. The molecule has 1 radical (unpaired) electrons. The largest absolute Gasteiger partial charge is 4.00 e. The monoisotopic (exact) mass is 509 g/mol. The molecule has 0 aromatic heterocycles. The number of aliphatic imine (C=N–C) groups is 2. The Kier molecular flexibility index (Phi) is 44.0. The third kappa shape index (κ3) is 24.9. The Morgan fingerprint density at radius 2 is 2.15 bits per heavy atom. The third-order valence-electron chi connectivity index (χ3n) is 0.522. The zero-order valence-corrected chi connectivity index (χ0v) is 16.2. The summed E-state index contributed by atoms with van der Waals surface area (Å²) in [5.74, 6) is 0. The van der Waals surface area contributed by atoms with Crippen LogP contribution in [-0.4, -0.2) is 55.5 Å². The van der Waals surface area contributed by atoms with E-state index in [2.05, 4.69) is 18.2 Å². The van der Waals surface area contributed by atoms with Gasteiger partial charge >= 0.3 is 112 Å². The molecule has 2 nitrogen and oxygen atoms in total. The number of halogens is 2. The molecule has 0 amide bonds. The predicted molar refractivity (Wildman–Crippen MR) is 48.5 cm³/mol. The van der Waals surface area contributed by atoms with Gasteiger partial charge in [-0.25, -0.2) is 0 Å². The van der Waals surface area contributed by atoms with E-state index >= 15 is 0 Å². The van der Waals surface area contributed by atoms with E-state index in [9.17, 15) is 0 Å². The normalized spacial score (nSPS) is 10.2. The molecule has 0 saturated carbocycles. The van der Waals surface area contributed by atoms with Crippen molar-refractivity contribution in [3.05, 3.63) is 20.4 Å². The molecule has 1 heterocycles. The Labute approximate surface area is 135 Å². The summed E-state index contributed by atoms with van der Waals surface area (Å²) in [6.07, 6.45) is 3.39. The molecule has 0 bridgehead atoms. The average molecular weight is 513 g/mol. The van der Waals surface area contributed by atoms with Gasteiger partial charge in [0.15, 0.2) is 0 Å². The van der Waals surface area contributed by atoms with Crippen molar-refractivity contribution in [2.75, 3.05) is 0 Å². The van der Waals surface area contributed by atoms with Crippen LogP contribution in [0.3, 0.4) is 0 Å². The van der Waals surface area contributed by atoms with Crippen LogP contribution in [0, 0.1) is 0 Å². The molecule has 1 rings (SSSR count). The molecular formula is C6H7Cl2N2Sb2Zr. The van der Waals surface area contributed by atoms with E-state index < -0.39 is 0 Å². The van der Waals surface area contributed by atoms with E-state index in [1.54, 1.807) is 6.20 Å². The quantitative estimate of drug-likeness (QED) is 0.190. The summed E-state index contributed by atoms with van der Waals surface area (Å²) in [7, 11) is 0. The van der Waals surface area contributed by atoms with Crippen molar-refractivity contribution in [1.29, 1.82) is 0 Å². The maximum Gasteiger partial charge on any atom is 4.00 e. The van der Waals surface area contributed by atoms with Gasteiger partial charge in [-0.2, -0.15) is 0 Å². The molecule has 0 N–H and O–H groups in total. The van der Waals surface area contributed by atoms with E-state index in [4.69, 9.17) is 6.72 Å². The maximum absolute atomic E-state index is 4.69. The molecule has 0 unspecified atom stereocenters. The molecule has 0 atom stereocenters. The summed E-state index contributed by atoms with van der Waals surface area (Å²) in [6, 6.07) is 0. The van der Waals surface area contributed by atoms with E-state index in [-0.39, 0.29) is 72.6 Å². The topological polar surface area (TPSA) is 24.7 Å². The molecule has 0 saturated heterocycles. The van der Waals surface area contributed by atoms with Gasteiger partial charge in [0.1, 0.15) is 0 Å². The molecule has 0 aliphatic carbocycles. The van der Waals surface area contributed by atoms with Crippen LogP contribution in [0.1, 0.15) is 0 Å². The minimum atomic E-state index is -0.268. The fraction of sp³-hybridized carbons (Fsp3) is 0. The SMILES string of the molecule is [C-]1=NC=[CH][SbH]1.[CH-]=NC=[CH][SbH].[Cl-].[Cl-].[Zr+4]. The molecule has 7 heteroatoms. The second-order valence-electron chi connectivity index (χ2n) is 1.17. The van der Waals surface area contributed by atoms with Crippen molar-refractivity contribution in [3.8, 4) is 0 Å². The molecule has 1 aliphatic heterocycles. The van der Waals surface area contributed by atoms with Gasteiger partial charge in [0, 0.05) is 0 Å². The molecular weight excluding hydrogens is 506 g/mol. The average Bonchev–Trinajstić information content (AvgIpc) is 2.44. The Morgan fingerprint density at radius 1 is 1.54 bits per heavy atom. The molecule has 0 aromatic rings. The van der Waals surface area contributed by atoms with Crippen LogP contribution in [0.2, 0.25) is 0 Å². The maximum atomic E-state index is 4.69. The van der Waals surface area contributed by atoms with Crippen molar-refractivity contribution in [3.63, 3.8) is 0 Å². The van der Waals surface area contributed by atoms with Gasteiger partial charge in [-0.1, -0.05) is 0 Å². The van der Waals surface area contributed by atoms with Crippen LogP contribution >= 0.6 is 0 Å². The summed E-state index contributed by atoms with van der Waals surface area (Å²) >= 11 is 1.06. The van der Waals surface area contributed by atoms with Crippen molar-refractivity contribution in [1.82, 2.24) is 0 Å². The smallest absolute Gasteiger partial charge is 1.00 e. The fourth-order valence-electron chi connectivity index (χ4n) is 0.229. The van der Waals surface area contributed by atoms with Crippen LogP contribution in [0.4, 0.5) is 0 Å². The number of hydrogen-bond acceptors (Lipinski definition) is 2. The van der Waals surface area contributed by atoms with Crippen molar-refractivity contribution in [2.45, 2.75) is 0 Å². The number of nitrogens with zero attached hydrogens (tertiary/aromatic N) is 2. The van der Waals surface area contributed by atoms with Crippen molar-refractivity contribution < 1.29 is 51.0 Å². The van der Waals surface area contributed by atoms with E-state index in [1.807, 2.05) is 10.2 Å². The molecule has 0 fully saturated rings. The fourth-order valence-corrected chi connectivity index (χ4v) is 1.54. The number of rotatable bonds is 1. The number of hydrogen-bond donors (Lipinski definition) is 0. The van der Waals surface area contributed by atoms with Crippen LogP contribution in [0.25, 0.3) is 0 Å². The summed E-state index contributed by atoms with van der Waals surface area (Å²) in [6.45, 7) is 4.69. The summed E-state index contributed by atoms with van der Waals surface area (Å²) in [5, 5.41) is 0. The van der Waals surface area contributed by atoms with Gasteiger partial charge in [0.05, 0.1) is 0 Å². The van der Waals surface area contributed by atoms with E-state index in [0.717, 1.165) is 0 Å². The molecule has 69 valence electrons. The standard InChI is InChI=1S/C3H3N.C3H2N.2ClH.2Sb.Zr.2H/c2*1-3-4-2;;;;;;;/h1-3H;1,3H;2*1H;;;;;/q2*-1;;;;;+4;;/p-2. The summed E-state index contributed by atoms with van der Waals surface area (Å²) in [5.41, 5.74) is 0. The molecule has 0 aromatic carbocycles. The first-order valence-corrected chi connectivity index (χ1v) is 7.21. The predicted octanol–water partition coefficient (Wildman–Crippen LogP) is -6.25. The van der Waals surface area contributed by atoms with Crippen LogP contribution < -0.4 is 24.8 Å². The second kappa shape index (κ2) is 23.6. The molecule has 1 aliphatic rings. The van der Waals surface area contributed by atoms with Gasteiger partial charge in [0.25, 0.3) is 0 Å². The third-order valence-corrected chi connectivity index (χ3v) is 2.59. The van der Waals surface area contributed by atoms with E-state index in [0.29, 0.717) is 0 Å². The van der Waals surface area contributed by atoms with Crippen LogP contribution in [0.5, 0.6) is 0 Å². The van der Waals surface area contributed by atoms with Gasteiger partial charge in [-0.05, 0) is 0 Å². The molecule has 0 spiro atoms. The second-order valence-corrected chi connectivity index (χ2v) is 4.53. The zero-order chi connectivity index (χ0) is 7.66. The molecule has 13 heavy (non-hydrogen) atoms.